The van der Waals surface area contributed by atoms with Gasteiger partial charge in [-0.05, 0) is 38.2 Å². The van der Waals surface area contributed by atoms with Crippen molar-refractivity contribution in [1.29, 1.82) is 0 Å². The average Bonchev–Trinajstić information content (AvgIpc) is 2.53. The molecule has 0 fully saturated rings. The highest BCUT2D eigenvalue weighted by molar-refractivity contribution is 6.27. The molecule has 0 amide bonds. The van der Waals surface area contributed by atoms with Crippen molar-refractivity contribution in [2.75, 3.05) is 6.61 Å². The largest absolute Gasteiger partial charge is 0.872 e. The summed E-state index contributed by atoms with van der Waals surface area (Å²) in [5.41, 5.74) is 0.798. The monoisotopic (exact) mass is 221 g/mol. The maximum absolute atomic E-state index is 11.8. The first-order valence-corrected chi connectivity index (χ1v) is 5.52. The third kappa shape index (κ3) is 1.54. The van der Waals surface area contributed by atoms with Gasteiger partial charge in [-0.25, -0.2) is 4.79 Å². The van der Waals surface area contributed by atoms with Crippen molar-refractivity contribution in [3.05, 3.63) is 22.5 Å². The Morgan fingerprint density at radius 3 is 2.50 bits per heavy atom. The molecule has 0 saturated heterocycles. The van der Waals surface area contributed by atoms with E-state index in [2.05, 4.69) is 0 Å². The number of Topliss-reactive ketones (excluding diaryl/α,β-unsaturated/α-hetero) is 1. The lowest BCUT2D eigenvalue weighted by Crippen LogP contribution is -2.18. The third-order valence-corrected chi connectivity index (χ3v) is 2.95. The van der Waals surface area contributed by atoms with Crippen LogP contribution in [0.25, 0.3) is 0 Å². The molecule has 0 aromatic heterocycles. The fraction of sp³-hybridized carbons (Fsp3) is 0.500. The van der Waals surface area contributed by atoms with Crippen LogP contribution < -0.4 is 5.11 Å². The fourth-order valence-electron chi connectivity index (χ4n) is 2.20. The van der Waals surface area contributed by atoms with Gasteiger partial charge in [0.15, 0.2) is 5.78 Å². The number of hydrogen-bond donors (Lipinski definition) is 0. The molecule has 0 heterocycles. The Morgan fingerprint density at radius 2 is 1.94 bits per heavy atom. The van der Waals surface area contributed by atoms with Crippen LogP contribution in [0.3, 0.4) is 0 Å². The van der Waals surface area contributed by atoms with E-state index < -0.39 is 17.5 Å². The highest BCUT2D eigenvalue weighted by atomic mass is 16.5. The standard InChI is InChI=1S/C12H14O4/c1-2-16-12(15)9-10(13)7-5-3-4-6-8(7)11(9)14/h13H,2-6H2,1H3/p-1. The SMILES string of the molecule is CCOC(=O)C1=C([O-])C2=C(CCCC2)C1=O. The van der Waals surface area contributed by atoms with Crippen molar-refractivity contribution < 1.29 is 19.4 Å². The van der Waals surface area contributed by atoms with Gasteiger partial charge >= 0.3 is 5.97 Å². The summed E-state index contributed by atoms with van der Waals surface area (Å²) in [6, 6.07) is 0. The van der Waals surface area contributed by atoms with Gasteiger partial charge in [-0.2, -0.15) is 0 Å². The number of esters is 1. The molecule has 4 heteroatoms. The van der Waals surface area contributed by atoms with E-state index in [1.165, 1.54) is 0 Å². The highest BCUT2D eigenvalue weighted by Crippen LogP contribution is 2.36. The van der Waals surface area contributed by atoms with E-state index in [0.717, 1.165) is 12.8 Å². The summed E-state index contributed by atoms with van der Waals surface area (Å²) in [6.07, 6.45) is 3.05. The van der Waals surface area contributed by atoms with Crippen molar-refractivity contribution in [3.8, 4) is 0 Å². The first-order chi connectivity index (χ1) is 7.66. The number of hydrogen-bond acceptors (Lipinski definition) is 4. The number of allylic oxidation sites excluding steroid dienone is 2. The summed E-state index contributed by atoms with van der Waals surface area (Å²) in [6.45, 7) is 1.82. The fourth-order valence-corrected chi connectivity index (χ4v) is 2.20. The molecule has 4 nitrogen and oxygen atoms in total. The molecular formula is C12H13O4-. The van der Waals surface area contributed by atoms with E-state index in [1.54, 1.807) is 6.92 Å². The van der Waals surface area contributed by atoms with Gasteiger partial charge in [0, 0.05) is 5.57 Å². The molecule has 0 N–H and O–H groups in total. The van der Waals surface area contributed by atoms with Crippen molar-refractivity contribution in [2.45, 2.75) is 32.6 Å². The van der Waals surface area contributed by atoms with E-state index in [-0.39, 0.29) is 12.2 Å². The molecule has 0 saturated carbocycles. The molecule has 0 atom stereocenters. The summed E-state index contributed by atoms with van der Waals surface area (Å²) in [4.78, 5) is 23.3. The first-order valence-electron chi connectivity index (χ1n) is 5.52. The zero-order valence-corrected chi connectivity index (χ0v) is 9.17. The second-order valence-electron chi connectivity index (χ2n) is 3.92. The number of carbonyl (C=O) groups is 2. The van der Waals surface area contributed by atoms with Gasteiger partial charge in [0.1, 0.15) is 0 Å². The van der Waals surface area contributed by atoms with Gasteiger partial charge in [-0.15, -0.1) is 0 Å². The smallest absolute Gasteiger partial charge is 0.341 e. The Hall–Kier alpha value is -1.58. The van der Waals surface area contributed by atoms with Crippen LogP contribution in [-0.2, 0) is 14.3 Å². The van der Waals surface area contributed by atoms with Gasteiger partial charge in [-0.3, -0.25) is 4.79 Å². The minimum Gasteiger partial charge on any atom is -0.872 e. The van der Waals surface area contributed by atoms with Crippen molar-refractivity contribution in [2.24, 2.45) is 0 Å². The van der Waals surface area contributed by atoms with Gasteiger partial charge in [0.25, 0.3) is 0 Å². The zero-order chi connectivity index (χ0) is 11.7. The molecule has 2 aliphatic rings. The molecule has 0 bridgehead atoms. The van der Waals surface area contributed by atoms with Crippen LogP contribution in [0.1, 0.15) is 32.6 Å². The molecule has 0 aromatic rings. The topological polar surface area (TPSA) is 66.4 Å². The summed E-state index contributed by atoms with van der Waals surface area (Å²) in [5.74, 6) is -1.58. The zero-order valence-electron chi connectivity index (χ0n) is 9.17. The number of ether oxygens (including phenoxy) is 1. The molecule has 0 aromatic carbocycles. The Morgan fingerprint density at radius 1 is 1.31 bits per heavy atom. The van der Waals surface area contributed by atoms with Crippen LogP contribution in [0.15, 0.2) is 22.5 Å². The molecule has 0 spiro atoms. The number of ketones is 1. The first kappa shape index (κ1) is 10.9. The van der Waals surface area contributed by atoms with Crippen LogP contribution in [-0.4, -0.2) is 18.4 Å². The Balaban J connectivity index is 2.33. The van der Waals surface area contributed by atoms with Crippen molar-refractivity contribution in [3.63, 3.8) is 0 Å². The molecule has 86 valence electrons. The van der Waals surface area contributed by atoms with E-state index in [9.17, 15) is 14.7 Å². The van der Waals surface area contributed by atoms with Crippen LogP contribution in [0.5, 0.6) is 0 Å². The van der Waals surface area contributed by atoms with Gasteiger partial charge < -0.3 is 9.84 Å². The predicted octanol–water partition coefficient (Wildman–Crippen LogP) is 0.617. The summed E-state index contributed by atoms with van der Waals surface area (Å²) in [7, 11) is 0. The molecule has 0 aliphatic heterocycles. The maximum atomic E-state index is 11.8. The molecule has 16 heavy (non-hydrogen) atoms. The molecular weight excluding hydrogens is 208 g/mol. The van der Waals surface area contributed by atoms with Crippen molar-refractivity contribution in [1.82, 2.24) is 0 Å². The molecule has 0 unspecified atom stereocenters. The summed E-state index contributed by atoms with van der Waals surface area (Å²) >= 11 is 0. The second kappa shape index (κ2) is 4.12. The van der Waals surface area contributed by atoms with Gasteiger partial charge in [0.2, 0.25) is 0 Å². The van der Waals surface area contributed by atoms with Crippen LogP contribution >= 0.6 is 0 Å². The van der Waals surface area contributed by atoms with Crippen LogP contribution in [0.4, 0.5) is 0 Å². The third-order valence-electron chi connectivity index (χ3n) is 2.95. The Kier molecular flexibility index (Phi) is 2.81. The van der Waals surface area contributed by atoms with Crippen LogP contribution in [0, 0.1) is 0 Å². The van der Waals surface area contributed by atoms with Crippen LogP contribution in [0.2, 0.25) is 0 Å². The summed E-state index contributed by atoms with van der Waals surface area (Å²) < 4.78 is 4.73. The lowest BCUT2D eigenvalue weighted by Gasteiger charge is -2.18. The lowest BCUT2D eigenvalue weighted by atomic mass is 9.92. The number of rotatable bonds is 2. The van der Waals surface area contributed by atoms with Gasteiger partial charge in [0.05, 0.1) is 12.2 Å². The molecule has 2 aliphatic carbocycles. The van der Waals surface area contributed by atoms with E-state index in [0.29, 0.717) is 24.0 Å². The Labute approximate surface area is 93.6 Å². The normalized spacial score (nSPS) is 20.2. The average molecular weight is 221 g/mol. The minimum absolute atomic E-state index is 0.174. The maximum Gasteiger partial charge on any atom is 0.341 e. The van der Waals surface area contributed by atoms with Crippen molar-refractivity contribution >= 4 is 11.8 Å². The quantitative estimate of drug-likeness (QED) is 0.506. The van der Waals surface area contributed by atoms with Gasteiger partial charge in [-0.1, -0.05) is 5.76 Å². The number of carbonyl (C=O) groups excluding carboxylic acids is 2. The predicted molar refractivity (Wildman–Crippen MR) is 54.2 cm³/mol. The molecule has 2 rings (SSSR count). The lowest BCUT2D eigenvalue weighted by molar-refractivity contribution is -0.298. The second-order valence-corrected chi connectivity index (χ2v) is 3.92. The molecule has 0 radical (unpaired) electrons. The minimum atomic E-state index is -0.771. The van der Waals surface area contributed by atoms with E-state index in [1.807, 2.05) is 0 Å². The highest BCUT2D eigenvalue weighted by Gasteiger charge is 2.33. The Bertz CT molecular complexity index is 415. The summed E-state index contributed by atoms with van der Waals surface area (Å²) in [5, 5.41) is 11.8. The van der Waals surface area contributed by atoms with E-state index in [4.69, 9.17) is 4.74 Å². The van der Waals surface area contributed by atoms with E-state index >= 15 is 0 Å².